The largest absolute Gasteiger partial charge is 0.496 e. The number of nitrogens with one attached hydrogen (secondary N) is 2. The van der Waals surface area contributed by atoms with Gasteiger partial charge >= 0.3 is 6.03 Å². The second kappa shape index (κ2) is 7.62. The molecule has 4 amide bonds. The molecule has 1 aromatic rings. The monoisotopic (exact) mass is 319 g/mol. The number of rotatable bonds is 7. The van der Waals surface area contributed by atoms with Crippen LogP contribution in [-0.4, -0.2) is 42.9 Å². The number of imide groups is 1. The van der Waals surface area contributed by atoms with Gasteiger partial charge in [-0.2, -0.15) is 0 Å². The summed E-state index contributed by atoms with van der Waals surface area (Å²) in [5, 5.41) is 5.34. The standard InChI is InChI=1S/C16H21N3O4/c1-11(12-6-3-4-7-13(12)23-2)18-14(20)8-5-9-19-15(21)10-17-16(19)22/h3-4,6-7,11H,5,8-10H2,1-2H3,(H,17,22)(H,18,20)/t11-/m0/s1. The SMILES string of the molecule is COc1ccccc1[C@H](C)NC(=O)CCCN1C(=O)CNC1=O. The summed E-state index contributed by atoms with van der Waals surface area (Å²) >= 11 is 0. The quantitative estimate of drug-likeness (QED) is 0.739. The van der Waals surface area contributed by atoms with Crippen molar-refractivity contribution in [3.05, 3.63) is 29.8 Å². The van der Waals surface area contributed by atoms with Gasteiger partial charge in [0.05, 0.1) is 19.7 Å². The number of ether oxygens (including phenoxy) is 1. The van der Waals surface area contributed by atoms with Gasteiger partial charge in [0.25, 0.3) is 0 Å². The van der Waals surface area contributed by atoms with Crippen molar-refractivity contribution in [1.82, 2.24) is 15.5 Å². The molecule has 124 valence electrons. The smallest absolute Gasteiger partial charge is 0.324 e. The van der Waals surface area contributed by atoms with Gasteiger partial charge in [-0.15, -0.1) is 0 Å². The Morgan fingerprint density at radius 1 is 1.39 bits per heavy atom. The molecule has 0 aromatic heterocycles. The average Bonchev–Trinajstić information content (AvgIpc) is 2.86. The summed E-state index contributed by atoms with van der Waals surface area (Å²) in [5.41, 5.74) is 0.900. The van der Waals surface area contributed by atoms with Crippen LogP contribution >= 0.6 is 0 Å². The summed E-state index contributed by atoms with van der Waals surface area (Å²) in [6.07, 6.45) is 0.681. The Morgan fingerprint density at radius 3 is 2.78 bits per heavy atom. The molecule has 23 heavy (non-hydrogen) atoms. The molecule has 0 aliphatic carbocycles. The average molecular weight is 319 g/mol. The maximum atomic E-state index is 12.0. The van der Waals surface area contributed by atoms with Gasteiger partial charge < -0.3 is 15.4 Å². The first-order valence-corrected chi connectivity index (χ1v) is 7.53. The Bertz CT molecular complexity index is 587. The lowest BCUT2D eigenvalue weighted by atomic mass is 10.1. The topological polar surface area (TPSA) is 87.7 Å². The van der Waals surface area contributed by atoms with Crippen LogP contribution in [0.5, 0.6) is 5.75 Å². The Labute approximate surface area is 135 Å². The zero-order valence-corrected chi connectivity index (χ0v) is 13.3. The van der Waals surface area contributed by atoms with E-state index in [1.807, 2.05) is 31.2 Å². The first kappa shape index (κ1) is 16.8. The van der Waals surface area contributed by atoms with Gasteiger partial charge in [-0.3, -0.25) is 14.5 Å². The first-order chi connectivity index (χ1) is 11.0. The van der Waals surface area contributed by atoms with Crippen molar-refractivity contribution in [2.75, 3.05) is 20.2 Å². The van der Waals surface area contributed by atoms with Gasteiger partial charge in [0.1, 0.15) is 5.75 Å². The van der Waals surface area contributed by atoms with E-state index in [0.29, 0.717) is 6.42 Å². The molecule has 2 N–H and O–H groups in total. The number of carbonyl (C=O) groups is 3. The third-order valence-electron chi connectivity index (χ3n) is 3.71. The predicted octanol–water partition coefficient (Wildman–Crippen LogP) is 1.20. The Kier molecular flexibility index (Phi) is 5.56. The highest BCUT2D eigenvalue weighted by Gasteiger charge is 2.27. The van der Waals surface area contributed by atoms with E-state index >= 15 is 0 Å². The molecule has 7 nitrogen and oxygen atoms in total. The third-order valence-corrected chi connectivity index (χ3v) is 3.71. The molecule has 7 heteroatoms. The van der Waals surface area contributed by atoms with E-state index in [2.05, 4.69) is 10.6 Å². The van der Waals surface area contributed by atoms with Gasteiger partial charge in [0, 0.05) is 18.5 Å². The third kappa shape index (κ3) is 4.21. The normalized spacial score (nSPS) is 15.3. The number of hydrogen-bond acceptors (Lipinski definition) is 4. The summed E-state index contributed by atoms with van der Waals surface area (Å²) in [5.74, 6) is 0.341. The fourth-order valence-corrected chi connectivity index (χ4v) is 2.49. The predicted molar refractivity (Wildman–Crippen MR) is 83.9 cm³/mol. The highest BCUT2D eigenvalue weighted by molar-refractivity contribution is 6.01. The molecule has 1 aliphatic rings. The molecule has 1 atom stereocenters. The van der Waals surface area contributed by atoms with Gasteiger partial charge in [-0.1, -0.05) is 18.2 Å². The number of nitrogens with zero attached hydrogens (tertiary/aromatic N) is 1. The first-order valence-electron chi connectivity index (χ1n) is 7.53. The summed E-state index contributed by atoms with van der Waals surface area (Å²) in [7, 11) is 1.59. The molecule has 2 rings (SSSR count). The van der Waals surface area contributed by atoms with Crippen molar-refractivity contribution in [3.63, 3.8) is 0 Å². The molecular weight excluding hydrogens is 298 g/mol. The van der Waals surface area contributed by atoms with Gasteiger partial charge in [-0.05, 0) is 19.4 Å². The number of hydrogen-bond donors (Lipinski definition) is 2. The Hall–Kier alpha value is -2.57. The Morgan fingerprint density at radius 2 is 2.13 bits per heavy atom. The van der Waals surface area contributed by atoms with Crippen molar-refractivity contribution in [3.8, 4) is 5.75 Å². The maximum absolute atomic E-state index is 12.0. The minimum absolute atomic E-state index is 0.0376. The van der Waals surface area contributed by atoms with Crippen LogP contribution in [0, 0.1) is 0 Å². The fraction of sp³-hybridized carbons (Fsp3) is 0.438. The van der Waals surface area contributed by atoms with Crippen LogP contribution < -0.4 is 15.4 Å². The molecule has 0 spiro atoms. The molecule has 0 unspecified atom stereocenters. The molecule has 1 aliphatic heterocycles. The van der Waals surface area contributed by atoms with E-state index in [4.69, 9.17) is 4.74 Å². The zero-order chi connectivity index (χ0) is 16.8. The Balaban J connectivity index is 1.80. The van der Waals surface area contributed by atoms with Gasteiger partial charge in [0.2, 0.25) is 11.8 Å². The number of benzene rings is 1. The van der Waals surface area contributed by atoms with Crippen LogP contribution in [0.3, 0.4) is 0 Å². The molecule has 1 heterocycles. The van der Waals surface area contributed by atoms with Crippen molar-refractivity contribution in [2.45, 2.75) is 25.8 Å². The number of amides is 4. The summed E-state index contributed by atoms with van der Waals surface area (Å²) < 4.78 is 5.28. The van der Waals surface area contributed by atoms with Gasteiger partial charge in [-0.25, -0.2) is 4.79 Å². The summed E-state index contributed by atoms with van der Waals surface area (Å²) in [6, 6.07) is 6.92. The zero-order valence-electron chi connectivity index (χ0n) is 13.3. The fourth-order valence-electron chi connectivity index (χ4n) is 2.49. The lowest BCUT2D eigenvalue weighted by molar-refractivity contribution is -0.126. The van der Waals surface area contributed by atoms with Crippen LogP contribution in [0.25, 0.3) is 0 Å². The highest BCUT2D eigenvalue weighted by Crippen LogP contribution is 2.24. The minimum Gasteiger partial charge on any atom is -0.496 e. The molecule has 1 saturated heterocycles. The molecule has 0 bridgehead atoms. The molecular formula is C16H21N3O4. The van der Waals surface area contributed by atoms with Crippen LogP contribution in [-0.2, 0) is 9.59 Å². The van der Waals surface area contributed by atoms with Crippen molar-refractivity contribution >= 4 is 17.8 Å². The van der Waals surface area contributed by atoms with Crippen LogP contribution in [0.15, 0.2) is 24.3 Å². The van der Waals surface area contributed by atoms with Crippen LogP contribution in [0.1, 0.15) is 31.4 Å². The summed E-state index contributed by atoms with van der Waals surface area (Å²) in [4.78, 5) is 35.9. The van der Waals surface area contributed by atoms with E-state index in [9.17, 15) is 14.4 Å². The highest BCUT2D eigenvalue weighted by atomic mass is 16.5. The molecule has 1 aromatic carbocycles. The van der Waals surface area contributed by atoms with E-state index in [1.54, 1.807) is 7.11 Å². The van der Waals surface area contributed by atoms with E-state index in [-0.39, 0.29) is 37.4 Å². The minimum atomic E-state index is -0.391. The maximum Gasteiger partial charge on any atom is 0.324 e. The van der Waals surface area contributed by atoms with Gasteiger partial charge in [0.15, 0.2) is 0 Å². The van der Waals surface area contributed by atoms with E-state index < -0.39 is 6.03 Å². The van der Waals surface area contributed by atoms with Crippen molar-refractivity contribution in [1.29, 1.82) is 0 Å². The lowest BCUT2D eigenvalue weighted by Gasteiger charge is -2.17. The number of para-hydroxylation sites is 1. The van der Waals surface area contributed by atoms with E-state index in [1.165, 1.54) is 0 Å². The van der Waals surface area contributed by atoms with Crippen molar-refractivity contribution < 1.29 is 19.1 Å². The number of carbonyl (C=O) groups excluding carboxylic acids is 3. The number of urea groups is 1. The second-order valence-corrected chi connectivity index (χ2v) is 5.34. The molecule has 1 fully saturated rings. The second-order valence-electron chi connectivity index (χ2n) is 5.34. The van der Waals surface area contributed by atoms with Crippen LogP contribution in [0.4, 0.5) is 4.79 Å². The van der Waals surface area contributed by atoms with Crippen LogP contribution in [0.2, 0.25) is 0 Å². The lowest BCUT2D eigenvalue weighted by Crippen LogP contribution is -2.33. The van der Waals surface area contributed by atoms with Crippen molar-refractivity contribution in [2.24, 2.45) is 0 Å². The summed E-state index contributed by atoms with van der Waals surface area (Å²) in [6.45, 7) is 2.17. The number of methoxy groups -OCH3 is 1. The molecule has 0 radical (unpaired) electrons. The van der Waals surface area contributed by atoms with E-state index in [0.717, 1.165) is 16.2 Å². The molecule has 0 saturated carbocycles.